The number of fused-ring (bicyclic) bond motifs is 1. The van der Waals surface area contributed by atoms with E-state index in [1.807, 2.05) is 0 Å². The van der Waals surface area contributed by atoms with Crippen LogP contribution in [-0.2, 0) is 13.5 Å². The maximum Gasteiger partial charge on any atom is 0.182 e. The van der Waals surface area contributed by atoms with Crippen LogP contribution in [0.1, 0.15) is 11.4 Å². The Morgan fingerprint density at radius 1 is 1.00 bits per heavy atom. The summed E-state index contributed by atoms with van der Waals surface area (Å²) in [6.45, 7) is 0. The number of aryl methyl sites for hydroxylation is 1. The van der Waals surface area contributed by atoms with Crippen LogP contribution in [-0.4, -0.2) is 34.3 Å². The van der Waals surface area contributed by atoms with Crippen LogP contribution < -0.4 is 5.73 Å². The van der Waals surface area contributed by atoms with Crippen LogP contribution in [0.5, 0.6) is 0 Å². The molecule has 160 valence electrons. The lowest BCUT2D eigenvalue weighted by molar-refractivity contribution is 0.481. The summed E-state index contributed by atoms with van der Waals surface area (Å²) in [5.41, 5.74) is 7.90. The summed E-state index contributed by atoms with van der Waals surface area (Å²) in [5, 5.41) is 8.33. The highest BCUT2D eigenvalue weighted by molar-refractivity contribution is 5.77. The number of hydrogen-bond donors (Lipinski definition) is 1. The molecule has 4 heterocycles. The zero-order chi connectivity index (χ0) is 22.4. The molecule has 0 amide bonds. The molecular weight excluding hydrogens is 421 g/mol. The van der Waals surface area contributed by atoms with Crippen molar-refractivity contribution in [2.45, 2.75) is 6.42 Å². The molecule has 0 fully saturated rings. The van der Waals surface area contributed by atoms with Gasteiger partial charge in [0.05, 0.1) is 11.7 Å². The molecule has 11 heteroatoms. The highest BCUT2D eigenvalue weighted by Crippen LogP contribution is 2.28. The van der Waals surface area contributed by atoms with Crippen LogP contribution >= 0.6 is 0 Å². The summed E-state index contributed by atoms with van der Waals surface area (Å²) in [5.74, 6) is -2.65. The van der Waals surface area contributed by atoms with Crippen LogP contribution in [0.4, 0.5) is 19.0 Å². The Hall–Kier alpha value is -4.28. The standard InChI is InChI=1S/C21H15F3N8/c1-31-10-11(8-28-31)13-9-26-21(30-20(13)25)19-16-3-2-6-27-32(16)17(29-19)7-12-14(22)4-5-15(23)18(12)24/h2-6,8-10H,7H2,1H3,(H2,25,26,30). The van der Waals surface area contributed by atoms with E-state index in [2.05, 4.69) is 25.1 Å². The number of halogens is 3. The van der Waals surface area contributed by atoms with Crippen molar-refractivity contribution in [2.75, 3.05) is 5.73 Å². The van der Waals surface area contributed by atoms with Gasteiger partial charge in [-0.25, -0.2) is 32.6 Å². The molecule has 0 saturated carbocycles. The molecule has 8 nitrogen and oxygen atoms in total. The molecular formula is C21H15F3N8. The van der Waals surface area contributed by atoms with Gasteiger partial charge in [0.15, 0.2) is 17.5 Å². The van der Waals surface area contributed by atoms with Crippen molar-refractivity contribution in [3.63, 3.8) is 0 Å². The maximum absolute atomic E-state index is 14.2. The molecule has 0 aliphatic heterocycles. The number of imidazole rings is 1. The molecule has 0 aliphatic rings. The second kappa shape index (κ2) is 7.45. The van der Waals surface area contributed by atoms with Crippen molar-refractivity contribution >= 4 is 11.3 Å². The first-order valence-electron chi connectivity index (χ1n) is 9.49. The Balaban J connectivity index is 1.61. The maximum atomic E-state index is 14.2. The number of hydrogen-bond acceptors (Lipinski definition) is 6. The van der Waals surface area contributed by atoms with Gasteiger partial charge >= 0.3 is 0 Å². The summed E-state index contributed by atoms with van der Waals surface area (Å²) in [6, 6.07) is 5.01. The first-order chi connectivity index (χ1) is 15.4. The van der Waals surface area contributed by atoms with Crippen LogP contribution in [0.2, 0.25) is 0 Å². The van der Waals surface area contributed by atoms with Crippen LogP contribution in [0.15, 0.2) is 49.1 Å². The molecule has 0 radical (unpaired) electrons. The molecule has 0 bridgehead atoms. The second-order valence-electron chi connectivity index (χ2n) is 7.09. The predicted octanol–water partition coefficient (Wildman–Crippen LogP) is 3.18. The number of nitrogens with two attached hydrogens (primary N) is 1. The molecule has 5 aromatic rings. The van der Waals surface area contributed by atoms with Crippen molar-refractivity contribution in [1.29, 1.82) is 0 Å². The molecule has 4 aromatic heterocycles. The van der Waals surface area contributed by atoms with Crippen molar-refractivity contribution in [2.24, 2.45) is 7.05 Å². The SMILES string of the molecule is Cn1cc(-c2cnc(-c3nc(Cc4c(F)ccc(F)c4F)n4ncccc34)nc2N)cn1. The highest BCUT2D eigenvalue weighted by atomic mass is 19.2. The van der Waals surface area contributed by atoms with Gasteiger partial charge in [-0.05, 0) is 24.3 Å². The first kappa shape index (κ1) is 19.7. The zero-order valence-corrected chi connectivity index (χ0v) is 16.7. The lowest BCUT2D eigenvalue weighted by atomic mass is 10.1. The Labute approximate surface area is 179 Å². The fraction of sp³-hybridized carbons (Fsp3) is 0.0952. The monoisotopic (exact) mass is 436 g/mol. The fourth-order valence-corrected chi connectivity index (χ4v) is 3.45. The predicted molar refractivity (Wildman–Crippen MR) is 110 cm³/mol. The van der Waals surface area contributed by atoms with Gasteiger partial charge in [-0.2, -0.15) is 10.2 Å². The number of rotatable bonds is 4. The molecule has 0 atom stereocenters. The van der Waals surface area contributed by atoms with E-state index < -0.39 is 23.0 Å². The zero-order valence-electron chi connectivity index (χ0n) is 16.7. The van der Waals surface area contributed by atoms with Gasteiger partial charge in [-0.15, -0.1) is 0 Å². The molecule has 5 rings (SSSR count). The third-order valence-corrected chi connectivity index (χ3v) is 5.00. The van der Waals surface area contributed by atoms with Gasteiger partial charge in [0.2, 0.25) is 0 Å². The van der Waals surface area contributed by atoms with E-state index in [4.69, 9.17) is 5.73 Å². The molecule has 1 aromatic carbocycles. The molecule has 0 spiro atoms. The fourth-order valence-electron chi connectivity index (χ4n) is 3.45. The number of nitrogens with zero attached hydrogens (tertiary/aromatic N) is 7. The van der Waals surface area contributed by atoms with Crippen LogP contribution in [0.25, 0.3) is 28.2 Å². The third kappa shape index (κ3) is 3.23. The number of aromatic nitrogens is 7. The summed E-state index contributed by atoms with van der Waals surface area (Å²) >= 11 is 0. The summed E-state index contributed by atoms with van der Waals surface area (Å²) < 4.78 is 45.1. The van der Waals surface area contributed by atoms with Crippen LogP contribution in [0, 0.1) is 17.5 Å². The van der Waals surface area contributed by atoms with Gasteiger partial charge in [0.25, 0.3) is 0 Å². The van der Waals surface area contributed by atoms with Gasteiger partial charge in [-0.1, -0.05) is 0 Å². The Morgan fingerprint density at radius 3 is 2.56 bits per heavy atom. The third-order valence-electron chi connectivity index (χ3n) is 5.00. The largest absolute Gasteiger partial charge is 0.383 e. The van der Waals surface area contributed by atoms with E-state index >= 15 is 0 Å². The highest BCUT2D eigenvalue weighted by Gasteiger charge is 2.21. The molecule has 0 aliphatic carbocycles. The number of nitrogen functional groups attached to an aromatic ring is 1. The van der Waals surface area contributed by atoms with E-state index in [1.54, 1.807) is 42.5 Å². The van der Waals surface area contributed by atoms with Gasteiger partial charge in [-0.3, -0.25) is 4.68 Å². The second-order valence-corrected chi connectivity index (χ2v) is 7.09. The average molecular weight is 436 g/mol. The Morgan fingerprint density at radius 2 is 1.81 bits per heavy atom. The minimum atomic E-state index is -1.26. The van der Waals surface area contributed by atoms with Gasteiger partial charge < -0.3 is 5.73 Å². The minimum Gasteiger partial charge on any atom is -0.383 e. The molecule has 0 saturated heterocycles. The molecule has 32 heavy (non-hydrogen) atoms. The lowest BCUT2D eigenvalue weighted by Crippen LogP contribution is -2.04. The molecule has 0 unspecified atom stereocenters. The minimum absolute atomic E-state index is 0.192. The van der Waals surface area contributed by atoms with Crippen molar-refractivity contribution in [1.82, 2.24) is 34.3 Å². The quantitative estimate of drug-likeness (QED) is 0.435. The van der Waals surface area contributed by atoms with Gasteiger partial charge in [0.1, 0.15) is 23.2 Å². The van der Waals surface area contributed by atoms with Crippen molar-refractivity contribution in [3.8, 4) is 22.6 Å². The van der Waals surface area contributed by atoms with Crippen molar-refractivity contribution < 1.29 is 13.2 Å². The summed E-state index contributed by atoms with van der Waals surface area (Å²) in [4.78, 5) is 13.2. The Kier molecular flexibility index (Phi) is 4.58. The van der Waals surface area contributed by atoms with E-state index in [1.165, 1.54) is 10.7 Å². The van der Waals surface area contributed by atoms with E-state index in [0.717, 1.165) is 17.7 Å². The Bertz CT molecular complexity index is 1470. The van der Waals surface area contributed by atoms with Crippen LogP contribution in [0.3, 0.4) is 0 Å². The average Bonchev–Trinajstić information content (AvgIpc) is 3.38. The topological polar surface area (TPSA) is 99.8 Å². The van der Waals surface area contributed by atoms with Gasteiger partial charge in [0, 0.05) is 48.7 Å². The first-order valence-corrected chi connectivity index (χ1v) is 9.49. The number of benzene rings is 1. The van der Waals surface area contributed by atoms with Crippen molar-refractivity contribution in [3.05, 3.63) is 77.9 Å². The molecule has 2 N–H and O–H groups in total. The normalized spacial score (nSPS) is 11.4. The van der Waals surface area contributed by atoms with E-state index in [0.29, 0.717) is 16.8 Å². The smallest absolute Gasteiger partial charge is 0.182 e. The lowest BCUT2D eigenvalue weighted by Gasteiger charge is -2.04. The number of anilines is 1. The van der Waals surface area contributed by atoms with E-state index in [-0.39, 0.29) is 23.9 Å². The summed E-state index contributed by atoms with van der Waals surface area (Å²) in [6.07, 6.45) is 6.16. The summed E-state index contributed by atoms with van der Waals surface area (Å²) in [7, 11) is 1.78. The van der Waals surface area contributed by atoms with E-state index in [9.17, 15) is 13.2 Å².